The van der Waals surface area contributed by atoms with Crippen LogP contribution in [0, 0.1) is 0 Å². The Morgan fingerprint density at radius 3 is 1.42 bits per heavy atom. The van der Waals surface area contributed by atoms with Crippen LogP contribution in [0.1, 0.15) is 23.6 Å². The summed E-state index contributed by atoms with van der Waals surface area (Å²) in [4.78, 5) is 5.63. The highest BCUT2D eigenvalue weighted by atomic mass is 32.1. The molecule has 0 N–H and O–H groups in total. The van der Waals surface area contributed by atoms with Crippen LogP contribution in [-0.4, -0.2) is 0 Å². The van der Waals surface area contributed by atoms with E-state index in [9.17, 15) is 0 Å². The van der Waals surface area contributed by atoms with Crippen molar-refractivity contribution < 1.29 is 0 Å². The second kappa shape index (κ2) is 6.54. The third kappa shape index (κ3) is 2.92. The van der Waals surface area contributed by atoms with Crippen molar-refractivity contribution in [3.8, 4) is 20.9 Å². The van der Waals surface area contributed by atoms with Crippen molar-refractivity contribution in [3.05, 3.63) is 70.4 Å². The first-order chi connectivity index (χ1) is 11.8. The van der Waals surface area contributed by atoms with E-state index in [4.69, 9.17) is 0 Å². The summed E-state index contributed by atoms with van der Waals surface area (Å²) in [6.45, 7) is 4.43. The molecule has 0 saturated carbocycles. The van der Waals surface area contributed by atoms with E-state index >= 15 is 0 Å². The van der Waals surface area contributed by atoms with Gasteiger partial charge in [0.25, 0.3) is 0 Å². The van der Waals surface area contributed by atoms with Gasteiger partial charge in [0.2, 0.25) is 0 Å². The molecule has 0 fully saturated rings. The van der Waals surface area contributed by atoms with E-state index in [1.165, 1.54) is 41.4 Å². The number of hydrogen-bond acceptors (Lipinski definition) is 2. The molecule has 4 rings (SSSR count). The van der Waals surface area contributed by atoms with Crippen molar-refractivity contribution in [2.24, 2.45) is 0 Å². The Kier molecular flexibility index (Phi) is 4.26. The molecule has 0 aliphatic heterocycles. The van der Waals surface area contributed by atoms with E-state index in [-0.39, 0.29) is 0 Å². The maximum absolute atomic E-state index is 2.32. The van der Waals surface area contributed by atoms with Crippen molar-refractivity contribution in [3.63, 3.8) is 0 Å². The van der Waals surface area contributed by atoms with Gasteiger partial charge in [-0.15, -0.1) is 22.7 Å². The standard InChI is InChI=1S/C22H20S2/c1-3-19-9-11-21(23-19)17-7-5-16-14-18(8-6-15(16)13-17)22-12-10-20(4-2)24-22/h5-14H,3-4H2,1-2H3. The number of aryl methyl sites for hydroxylation is 2. The minimum absolute atomic E-state index is 1.11. The van der Waals surface area contributed by atoms with E-state index in [1.54, 1.807) is 0 Å². The molecule has 0 radical (unpaired) electrons. The van der Waals surface area contributed by atoms with Crippen LogP contribution in [0.3, 0.4) is 0 Å². The van der Waals surface area contributed by atoms with Crippen LogP contribution in [0.15, 0.2) is 60.7 Å². The molecule has 2 aromatic carbocycles. The average molecular weight is 349 g/mol. The van der Waals surface area contributed by atoms with E-state index < -0.39 is 0 Å². The quantitative estimate of drug-likeness (QED) is 0.360. The van der Waals surface area contributed by atoms with Crippen LogP contribution in [-0.2, 0) is 12.8 Å². The Labute approximate surface area is 151 Å². The fourth-order valence-corrected chi connectivity index (χ4v) is 4.89. The summed E-state index contributed by atoms with van der Waals surface area (Å²) in [5, 5.41) is 2.63. The van der Waals surface area contributed by atoms with Gasteiger partial charge in [-0.3, -0.25) is 0 Å². The lowest BCUT2D eigenvalue weighted by Gasteiger charge is -2.04. The molecule has 0 bridgehead atoms. The third-order valence-corrected chi connectivity index (χ3v) is 6.99. The van der Waals surface area contributed by atoms with E-state index in [1.807, 2.05) is 22.7 Å². The lowest BCUT2D eigenvalue weighted by atomic mass is 10.0. The van der Waals surface area contributed by atoms with Gasteiger partial charge in [-0.05, 0) is 71.1 Å². The van der Waals surface area contributed by atoms with Crippen molar-refractivity contribution >= 4 is 33.4 Å². The van der Waals surface area contributed by atoms with Gasteiger partial charge >= 0.3 is 0 Å². The minimum atomic E-state index is 1.11. The van der Waals surface area contributed by atoms with Crippen LogP contribution in [0.5, 0.6) is 0 Å². The second-order valence-corrected chi connectivity index (χ2v) is 8.35. The Hall–Kier alpha value is -1.90. The summed E-state index contributed by atoms with van der Waals surface area (Å²) in [6, 6.07) is 22.6. The highest BCUT2D eigenvalue weighted by molar-refractivity contribution is 7.15. The lowest BCUT2D eigenvalue weighted by Crippen LogP contribution is -1.78. The predicted octanol–water partition coefficient (Wildman–Crippen LogP) is 7.42. The van der Waals surface area contributed by atoms with Crippen molar-refractivity contribution in [2.75, 3.05) is 0 Å². The van der Waals surface area contributed by atoms with Gasteiger partial charge in [0.05, 0.1) is 0 Å². The molecule has 120 valence electrons. The lowest BCUT2D eigenvalue weighted by molar-refractivity contribution is 1.19. The van der Waals surface area contributed by atoms with Gasteiger partial charge in [-0.1, -0.05) is 38.1 Å². The molecule has 2 aromatic heterocycles. The first-order valence-corrected chi connectivity index (χ1v) is 10.1. The first kappa shape index (κ1) is 15.6. The molecule has 0 amide bonds. The Bertz CT molecular complexity index is 907. The summed E-state index contributed by atoms with van der Waals surface area (Å²) in [5.74, 6) is 0. The largest absolute Gasteiger partial charge is 0.140 e. The van der Waals surface area contributed by atoms with E-state index in [0.29, 0.717) is 0 Å². The highest BCUT2D eigenvalue weighted by Crippen LogP contribution is 2.34. The summed E-state index contributed by atoms with van der Waals surface area (Å²) in [7, 11) is 0. The number of benzene rings is 2. The average Bonchev–Trinajstić information content (AvgIpc) is 3.30. The summed E-state index contributed by atoms with van der Waals surface area (Å²) in [5.41, 5.74) is 2.65. The highest BCUT2D eigenvalue weighted by Gasteiger charge is 2.06. The molecular weight excluding hydrogens is 328 g/mol. The zero-order valence-electron chi connectivity index (χ0n) is 14.0. The fourth-order valence-electron chi connectivity index (χ4n) is 3.00. The zero-order chi connectivity index (χ0) is 16.5. The van der Waals surface area contributed by atoms with Crippen LogP contribution >= 0.6 is 22.7 Å². The van der Waals surface area contributed by atoms with Crippen LogP contribution < -0.4 is 0 Å². The second-order valence-electron chi connectivity index (χ2n) is 6.02. The topological polar surface area (TPSA) is 0 Å². The summed E-state index contributed by atoms with van der Waals surface area (Å²) in [6.07, 6.45) is 2.23. The van der Waals surface area contributed by atoms with Crippen LogP contribution in [0.4, 0.5) is 0 Å². The molecule has 2 heteroatoms. The maximum atomic E-state index is 2.32. The SMILES string of the molecule is CCc1ccc(-c2ccc3cc(-c4ccc(CC)s4)ccc3c2)s1. The molecule has 0 aliphatic carbocycles. The predicted molar refractivity (Wildman–Crippen MR) is 109 cm³/mol. The molecular formula is C22H20S2. The maximum Gasteiger partial charge on any atom is 0.0345 e. The number of thiophene rings is 2. The van der Waals surface area contributed by atoms with Gasteiger partial charge < -0.3 is 0 Å². The first-order valence-electron chi connectivity index (χ1n) is 8.49. The normalized spacial score (nSPS) is 11.2. The van der Waals surface area contributed by atoms with Gasteiger partial charge in [0.1, 0.15) is 0 Å². The van der Waals surface area contributed by atoms with Crippen molar-refractivity contribution in [1.29, 1.82) is 0 Å². The fraction of sp³-hybridized carbons (Fsp3) is 0.182. The van der Waals surface area contributed by atoms with Crippen molar-refractivity contribution in [1.82, 2.24) is 0 Å². The molecule has 4 aromatic rings. The van der Waals surface area contributed by atoms with E-state index in [0.717, 1.165) is 12.8 Å². The molecule has 0 nitrogen and oxygen atoms in total. The Morgan fingerprint density at radius 1 is 0.583 bits per heavy atom. The van der Waals surface area contributed by atoms with Crippen molar-refractivity contribution in [2.45, 2.75) is 26.7 Å². The van der Waals surface area contributed by atoms with E-state index in [2.05, 4.69) is 74.5 Å². The molecule has 0 saturated heterocycles. The molecule has 0 spiro atoms. The van der Waals surface area contributed by atoms with Gasteiger partial charge in [-0.2, -0.15) is 0 Å². The van der Waals surface area contributed by atoms with Gasteiger partial charge in [-0.25, -0.2) is 0 Å². The monoisotopic (exact) mass is 348 g/mol. The smallest absolute Gasteiger partial charge is 0.0345 e. The minimum Gasteiger partial charge on any atom is -0.140 e. The number of fused-ring (bicyclic) bond motifs is 1. The summed E-state index contributed by atoms with van der Waals surface area (Å²) < 4.78 is 0. The van der Waals surface area contributed by atoms with Gasteiger partial charge in [0, 0.05) is 19.5 Å². The molecule has 0 atom stereocenters. The molecule has 0 unspecified atom stereocenters. The molecule has 0 aliphatic rings. The summed E-state index contributed by atoms with van der Waals surface area (Å²) >= 11 is 3.80. The third-order valence-electron chi connectivity index (χ3n) is 4.43. The Balaban J connectivity index is 1.72. The van der Waals surface area contributed by atoms with Crippen LogP contribution in [0.2, 0.25) is 0 Å². The molecule has 24 heavy (non-hydrogen) atoms. The number of hydrogen-bond donors (Lipinski definition) is 0. The van der Waals surface area contributed by atoms with Gasteiger partial charge in [0.15, 0.2) is 0 Å². The van der Waals surface area contributed by atoms with Crippen LogP contribution in [0.25, 0.3) is 31.7 Å². The molecule has 2 heterocycles. The zero-order valence-corrected chi connectivity index (χ0v) is 15.6. The Morgan fingerprint density at radius 2 is 1.04 bits per heavy atom. The number of rotatable bonds is 4.